The summed E-state index contributed by atoms with van der Waals surface area (Å²) in [6.45, 7) is 2.47. The van der Waals surface area contributed by atoms with Crippen LogP contribution in [-0.2, 0) is 0 Å². The van der Waals surface area contributed by atoms with Crippen molar-refractivity contribution in [2.24, 2.45) is 0 Å². The molecule has 0 heterocycles. The van der Waals surface area contributed by atoms with Gasteiger partial charge in [-0.3, -0.25) is 0 Å². The van der Waals surface area contributed by atoms with Gasteiger partial charge in [-0.15, -0.1) is 0 Å². The van der Waals surface area contributed by atoms with Crippen molar-refractivity contribution in [1.29, 1.82) is 0 Å². The number of benzene rings is 3. The Balaban J connectivity index is 1.92. The monoisotopic (exact) mass is 346 g/mol. The molecule has 0 fully saturated rings. The highest BCUT2D eigenvalue weighted by atomic mass is 16.2. The van der Waals surface area contributed by atoms with Gasteiger partial charge in [-0.05, 0) is 67.6 Å². The number of amides is 2. The summed E-state index contributed by atoms with van der Waals surface area (Å²) in [5, 5.41) is 5.53. The SMILES string of the molecule is CCNC(=O)Nc1ccc(N(c2ccccc2)c2ccc(N)cc2)cc1. The predicted molar refractivity (Wildman–Crippen MR) is 108 cm³/mol. The van der Waals surface area contributed by atoms with E-state index in [4.69, 9.17) is 5.73 Å². The standard InChI is InChI=1S/C21H22N4O/c1-2-23-21(26)24-17-10-14-20(15-11-17)25(18-6-4-3-5-7-18)19-12-8-16(22)9-13-19/h3-15H,2,22H2,1H3,(H2,23,24,26). The molecule has 0 bridgehead atoms. The number of nitrogens with one attached hydrogen (secondary N) is 2. The smallest absolute Gasteiger partial charge is 0.319 e. The minimum Gasteiger partial charge on any atom is -0.399 e. The number of carbonyl (C=O) groups is 1. The fourth-order valence-electron chi connectivity index (χ4n) is 2.68. The molecule has 0 saturated carbocycles. The van der Waals surface area contributed by atoms with Gasteiger partial charge in [0.05, 0.1) is 0 Å². The predicted octanol–water partition coefficient (Wildman–Crippen LogP) is 4.88. The molecular formula is C21H22N4O. The van der Waals surface area contributed by atoms with Crippen LogP contribution in [0.3, 0.4) is 0 Å². The van der Waals surface area contributed by atoms with E-state index in [-0.39, 0.29) is 6.03 Å². The zero-order chi connectivity index (χ0) is 18.4. The van der Waals surface area contributed by atoms with Crippen LogP contribution in [0.4, 0.5) is 33.2 Å². The molecule has 3 aromatic rings. The lowest BCUT2D eigenvalue weighted by Crippen LogP contribution is -2.28. The van der Waals surface area contributed by atoms with Crippen molar-refractivity contribution in [2.45, 2.75) is 6.92 Å². The van der Waals surface area contributed by atoms with Crippen molar-refractivity contribution in [3.8, 4) is 0 Å². The molecule has 26 heavy (non-hydrogen) atoms. The van der Waals surface area contributed by atoms with Gasteiger partial charge in [-0.25, -0.2) is 4.79 Å². The number of para-hydroxylation sites is 1. The lowest BCUT2D eigenvalue weighted by molar-refractivity contribution is 0.252. The van der Waals surface area contributed by atoms with E-state index in [0.29, 0.717) is 6.54 Å². The summed E-state index contributed by atoms with van der Waals surface area (Å²) < 4.78 is 0. The van der Waals surface area contributed by atoms with Crippen molar-refractivity contribution in [3.05, 3.63) is 78.9 Å². The van der Waals surface area contributed by atoms with Crippen LogP contribution in [0.5, 0.6) is 0 Å². The first-order valence-corrected chi connectivity index (χ1v) is 8.53. The van der Waals surface area contributed by atoms with Crippen molar-refractivity contribution in [3.63, 3.8) is 0 Å². The first kappa shape index (κ1) is 17.4. The molecule has 3 rings (SSSR count). The van der Waals surface area contributed by atoms with Crippen molar-refractivity contribution in [2.75, 3.05) is 22.5 Å². The fourth-order valence-corrected chi connectivity index (χ4v) is 2.68. The van der Waals surface area contributed by atoms with Crippen molar-refractivity contribution in [1.82, 2.24) is 5.32 Å². The Labute approximate surface area is 153 Å². The molecule has 4 N–H and O–H groups in total. The van der Waals surface area contributed by atoms with Crippen LogP contribution < -0.4 is 21.3 Å². The molecule has 0 atom stereocenters. The van der Waals surface area contributed by atoms with E-state index in [2.05, 4.69) is 27.7 Å². The second-order valence-electron chi connectivity index (χ2n) is 5.79. The Bertz CT molecular complexity index is 845. The van der Waals surface area contributed by atoms with Gasteiger partial charge in [0.25, 0.3) is 0 Å². The van der Waals surface area contributed by atoms with Crippen LogP contribution >= 0.6 is 0 Å². The second-order valence-corrected chi connectivity index (χ2v) is 5.79. The Morgan fingerprint density at radius 3 is 1.96 bits per heavy atom. The van der Waals surface area contributed by atoms with Crippen LogP contribution in [0.15, 0.2) is 78.9 Å². The van der Waals surface area contributed by atoms with Gasteiger partial charge in [-0.2, -0.15) is 0 Å². The summed E-state index contributed by atoms with van der Waals surface area (Å²) in [6.07, 6.45) is 0. The van der Waals surface area contributed by atoms with Crippen LogP contribution in [-0.4, -0.2) is 12.6 Å². The van der Waals surface area contributed by atoms with E-state index in [9.17, 15) is 4.79 Å². The van der Waals surface area contributed by atoms with E-state index < -0.39 is 0 Å². The van der Waals surface area contributed by atoms with Crippen LogP contribution in [0.2, 0.25) is 0 Å². The number of anilines is 5. The lowest BCUT2D eigenvalue weighted by Gasteiger charge is -2.25. The third-order valence-electron chi connectivity index (χ3n) is 3.89. The fraction of sp³-hybridized carbons (Fsp3) is 0.0952. The normalized spacial score (nSPS) is 10.2. The number of hydrogen-bond donors (Lipinski definition) is 3. The van der Waals surface area contributed by atoms with Gasteiger partial charge in [0, 0.05) is 35.0 Å². The summed E-state index contributed by atoms with van der Waals surface area (Å²) in [4.78, 5) is 13.8. The number of nitrogen functional groups attached to an aromatic ring is 1. The summed E-state index contributed by atoms with van der Waals surface area (Å²) >= 11 is 0. The second kappa shape index (κ2) is 8.07. The summed E-state index contributed by atoms with van der Waals surface area (Å²) in [5.74, 6) is 0. The molecule has 0 radical (unpaired) electrons. The number of nitrogens with two attached hydrogens (primary N) is 1. The molecule has 0 aliphatic heterocycles. The van der Waals surface area contributed by atoms with Gasteiger partial charge in [0.2, 0.25) is 0 Å². The first-order valence-electron chi connectivity index (χ1n) is 8.53. The number of hydrogen-bond acceptors (Lipinski definition) is 3. The number of nitrogens with zero attached hydrogens (tertiary/aromatic N) is 1. The highest BCUT2D eigenvalue weighted by Crippen LogP contribution is 2.35. The minimum atomic E-state index is -0.210. The van der Waals surface area contributed by atoms with Gasteiger partial charge < -0.3 is 21.3 Å². The Morgan fingerprint density at radius 2 is 1.38 bits per heavy atom. The Kier molecular flexibility index (Phi) is 5.39. The zero-order valence-corrected chi connectivity index (χ0v) is 14.6. The average molecular weight is 346 g/mol. The molecule has 0 unspecified atom stereocenters. The molecule has 5 nitrogen and oxygen atoms in total. The largest absolute Gasteiger partial charge is 0.399 e. The summed E-state index contributed by atoms with van der Waals surface area (Å²) in [7, 11) is 0. The summed E-state index contributed by atoms with van der Waals surface area (Å²) in [5.41, 5.74) is 10.3. The van der Waals surface area contributed by atoms with Gasteiger partial charge in [-0.1, -0.05) is 18.2 Å². The maximum absolute atomic E-state index is 11.7. The summed E-state index contributed by atoms with van der Waals surface area (Å²) in [6, 6.07) is 25.4. The molecule has 0 aromatic heterocycles. The molecule has 0 aliphatic rings. The highest BCUT2D eigenvalue weighted by molar-refractivity contribution is 5.89. The molecule has 2 amide bonds. The van der Waals surface area contributed by atoms with Gasteiger partial charge >= 0.3 is 6.03 Å². The maximum atomic E-state index is 11.7. The topological polar surface area (TPSA) is 70.4 Å². The molecule has 0 aliphatic carbocycles. The minimum absolute atomic E-state index is 0.210. The van der Waals surface area contributed by atoms with E-state index in [1.807, 2.05) is 73.7 Å². The lowest BCUT2D eigenvalue weighted by atomic mass is 10.1. The Morgan fingerprint density at radius 1 is 0.846 bits per heavy atom. The van der Waals surface area contributed by atoms with E-state index >= 15 is 0 Å². The molecular weight excluding hydrogens is 324 g/mol. The van der Waals surface area contributed by atoms with Crippen LogP contribution in [0.25, 0.3) is 0 Å². The number of urea groups is 1. The number of carbonyl (C=O) groups excluding carboxylic acids is 1. The quantitative estimate of drug-likeness (QED) is 0.577. The molecule has 0 saturated heterocycles. The van der Waals surface area contributed by atoms with E-state index in [0.717, 1.165) is 28.4 Å². The van der Waals surface area contributed by atoms with Crippen LogP contribution in [0.1, 0.15) is 6.92 Å². The highest BCUT2D eigenvalue weighted by Gasteiger charge is 2.12. The van der Waals surface area contributed by atoms with Gasteiger partial charge in [0.15, 0.2) is 0 Å². The Hall–Kier alpha value is -3.47. The average Bonchev–Trinajstić information content (AvgIpc) is 2.66. The van der Waals surface area contributed by atoms with E-state index in [1.165, 1.54) is 0 Å². The number of rotatable bonds is 5. The molecule has 5 heteroatoms. The maximum Gasteiger partial charge on any atom is 0.319 e. The molecule has 3 aromatic carbocycles. The van der Waals surface area contributed by atoms with Crippen molar-refractivity contribution < 1.29 is 4.79 Å². The van der Waals surface area contributed by atoms with Crippen molar-refractivity contribution >= 4 is 34.5 Å². The first-order chi connectivity index (χ1) is 12.7. The molecule has 132 valence electrons. The van der Waals surface area contributed by atoms with Crippen LogP contribution in [0, 0.1) is 0 Å². The zero-order valence-electron chi connectivity index (χ0n) is 14.6. The van der Waals surface area contributed by atoms with Gasteiger partial charge in [0.1, 0.15) is 0 Å². The molecule has 0 spiro atoms. The van der Waals surface area contributed by atoms with E-state index in [1.54, 1.807) is 0 Å². The third-order valence-corrected chi connectivity index (χ3v) is 3.89. The third kappa shape index (κ3) is 4.13.